The van der Waals surface area contributed by atoms with Crippen LogP contribution in [0.2, 0.25) is 0 Å². The van der Waals surface area contributed by atoms with Gasteiger partial charge in [0, 0.05) is 6.04 Å². The Balaban J connectivity index is 1.99. The summed E-state index contributed by atoms with van der Waals surface area (Å²) in [6.07, 6.45) is 4.61. The number of aliphatic hydroxyl groups is 1. The predicted molar refractivity (Wildman–Crippen MR) is 60.0 cm³/mol. The molecule has 0 amide bonds. The highest BCUT2D eigenvalue weighted by Crippen LogP contribution is 2.30. The fourth-order valence-corrected chi connectivity index (χ4v) is 2.99. The van der Waals surface area contributed by atoms with E-state index >= 15 is 0 Å². The maximum atomic E-state index is 11.8. The molecule has 3 unspecified atom stereocenters. The fourth-order valence-electron chi connectivity index (χ4n) is 2.99. The number of esters is 1. The molecule has 1 N–H and O–H groups in total. The normalized spacial score (nSPS) is 35.5. The van der Waals surface area contributed by atoms with Crippen molar-refractivity contribution in [2.75, 3.05) is 13.2 Å². The van der Waals surface area contributed by atoms with Gasteiger partial charge in [-0.2, -0.15) is 0 Å². The van der Waals surface area contributed by atoms with Gasteiger partial charge in [0.2, 0.25) is 0 Å². The van der Waals surface area contributed by atoms with Gasteiger partial charge in [-0.05, 0) is 45.6 Å². The number of aliphatic hydroxyl groups excluding tert-OH is 1. The highest BCUT2D eigenvalue weighted by atomic mass is 16.5. The topological polar surface area (TPSA) is 49.8 Å². The lowest BCUT2D eigenvalue weighted by molar-refractivity contribution is -0.149. The van der Waals surface area contributed by atoms with Crippen LogP contribution in [0.4, 0.5) is 0 Å². The first kappa shape index (κ1) is 11.9. The molecular formula is C12H21NO3. The molecular weight excluding hydrogens is 206 g/mol. The van der Waals surface area contributed by atoms with Crippen LogP contribution in [0, 0.1) is 0 Å². The van der Waals surface area contributed by atoms with Crippen molar-refractivity contribution < 1.29 is 14.6 Å². The lowest BCUT2D eigenvalue weighted by atomic mass is 10.1. The quantitative estimate of drug-likeness (QED) is 0.729. The average molecular weight is 227 g/mol. The molecule has 2 aliphatic rings. The summed E-state index contributed by atoms with van der Waals surface area (Å²) < 4.78 is 5.09. The van der Waals surface area contributed by atoms with Crippen LogP contribution in [0.15, 0.2) is 0 Å². The zero-order valence-corrected chi connectivity index (χ0v) is 9.89. The van der Waals surface area contributed by atoms with Gasteiger partial charge in [-0.3, -0.25) is 9.69 Å². The Labute approximate surface area is 96.6 Å². The molecule has 0 aromatic rings. The molecule has 92 valence electrons. The van der Waals surface area contributed by atoms with Crippen molar-refractivity contribution in [2.24, 2.45) is 0 Å². The molecule has 0 radical (unpaired) electrons. The van der Waals surface area contributed by atoms with Gasteiger partial charge in [-0.25, -0.2) is 0 Å². The van der Waals surface area contributed by atoms with E-state index in [1.807, 2.05) is 6.92 Å². The van der Waals surface area contributed by atoms with E-state index in [1.54, 1.807) is 0 Å². The monoisotopic (exact) mass is 227 g/mol. The highest BCUT2D eigenvalue weighted by Gasteiger charge is 2.40. The summed E-state index contributed by atoms with van der Waals surface area (Å²) in [5.74, 6) is -0.112. The van der Waals surface area contributed by atoms with Gasteiger partial charge in [0.15, 0.2) is 0 Å². The van der Waals surface area contributed by atoms with Crippen LogP contribution in [-0.2, 0) is 9.53 Å². The number of likely N-dealkylation sites (tertiary alicyclic amines) is 1. The third-order valence-electron chi connectivity index (χ3n) is 3.72. The fraction of sp³-hybridized carbons (Fsp3) is 0.917. The first-order valence-electron chi connectivity index (χ1n) is 6.34. The molecule has 2 fully saturated rings. The summed E-state index contributed by atoms with van der Waals surface area (Å²) in [7, 11) is 0. The summed E-state index contributed by atoms with van der Waals surface area (Å²) >= 11 is 0. The molecule has 0 bridgehead atoms. The highest BCUT2D eigenvalue weighted by molar-refractivity contribution is 5.76. The van der Waals surface area contributed by atoms with Gasteiger partial charge < -0.3 is 9.84 Å². The van der Waals surface area contributed by atoms with E-state index in [0.29, 0.717) is 6.61 Å². The van der Waals surface area contributed by atoms with Crippen LogP contribution in [0.5, 0.6) is 0 Å². The summed E-state index contributed by atoms with van der Waals surface area (Å²) in [5.41, 5.74) is 0. The Morgan fingerprint density at radius 3 is 2.81 bits per heavy atom. The average Bonchev–Trinajstić information content (AvgIpc) is 2.85. The van der Waals surface area contributed by atoms with Gasteiger partial charge in [0.1, 0.15) is 6.04 Å². The van der Waals surface area contributed by atoms with Crippen molar-refractivity contribution in [3.63, 3.8) is 0 Å². The van der Waals surface area contributed by atoms with E-state index in [4.69, 9.17) is 4.74 Å². The van der Waals surface area contributed by atoms with Crippen LogP contribution in [0.1, 0.15) is 39.0 Å². The molecule has 0 aromatic carbocycles. The minimum atomic E-state index is -0.255. The minimum Gasteiger partial charge on any atom is -0.465 e. The number of carbonyl (C=O) groups excluding carboxylic acids is 1. The van der Waals surface area contributed by atoms with Gasteiger partial charge in [0.05, 0.1) is 12.7 Å². The van der Waals surface area contributed by atoms with E-state index < -0.39 is 0 Å². The van der Waals surface area contributed by atoms with Gasteiger partial charge in [0.25, 0.3) is 0 Å². The van der Waals surface area contributed by atoms with E-state index in [-0.39, 0.29) is 24.2 Å². The molecule has 0 aromatic heterocycles. The lowest BCUT2D eigenvalue weighted by Gasteiger charge is -2.31. The zero-order valence-electron chi connectivity index (χ0n) is 9.89. The Morgan fingerprint density at radius 1 is 1.38 bits per heavy atom. The summed E-state index contributed by atoms with van der Waals surface area (Å²) in [5, 5.41) is 9.89. The van der Waals surface area contributed by atoms with Crippen molar-refractivity contribution in [3.05, 3.63) is 0 Å². The molecule has 4 heteroatoms. The molecule has 3 atom stereocenters. The van der Waals surface area contributed by atoms with Crippen molar-refractivity contribution in [2.45, 2.75) is 57.2 Å². The molecule has 16 heavy (non-hydrogen) atoms. The maximum absolute atomic E-state index is 11.8. The summed E-state index contributed by atoms with van der Waals surface area (Å²) in [4.78, 5) is 13.9. The largest absolute Gasteiger partial charge is 0.465 e. The number of rotatable bonds is 3. The number of hydrogen-bond donors (Lipinski definition) is 1. The Kier molecular flexibility index (Phi) is 3.82. The summed E-state index contributed by atoms with van der Waals surface area (Å²) in [6, 6.07) is 0.0645. The predicted octanol–water partition coefficient (Wildman–Crippen LogP) is 0.927. The van der Waals surface area contributed by atoms with E-state index in [2.05, 4.69) is 4.90 Å². The molecule has 0 spiro atoms. The van der Waals surface area contributed by atoms with Crippen molar-refractivity contribution >= 4 is 5.97 Å². The summed E-state index contributed by atoms with van der Waals surface area (Å²) in [6.45, 7) is 3.20. The van der Waals surface area contributed by atoms with Crippen molar-refractivity contribution in [1.29, 1.82) is 0 Å². The molecule has 1 saturated carbocycles. The first-order chi connectivity index (χ1) is 7.74. The van der Waals surface area contributed by atoms with Crippen LogP contribution in [0.3, 0.4) is 0 Å². The third-order valence-corrected chi connectivity index (χ3v) is 3.72. The van der Waals surface area contributed by atoms with E-state index in [1.165, 1.54) is 0 Å². The zero-order chi connectivity index (χ0) is 11.5. The van der Waals surface area contributed by atoms with Crippen LogP contribution in [0.25, 0.3) is 0 Å². The van der Waals surface area contributed by atoms with Gasteiger partial charge in [-0.1, -0.05) is 0 Å². The number of nitrogens with zero attached hydrogens (tertiary/aromatic N) is 1. The van der Waals surface area contributed by atoms with Crippen LogP contribution >= 0.6 is 0 Å². The minimum absolute atomic E-state index is 0.112. The van der Waals surface area contributed by atoms with Crippen molar-refractivity contribution in [3.8, 4) is 0 Å². The SMILES string of the molecule is CCOC(=O)C1CCCN1C1CCCC1O. The molecule has 1 aliphatic heterocycles. The van der Waals surface area contributed by atoms with Gasteiger partial charge >= 0.3 is 5.97 Å². The standard InChI is InChI=1S/C12H21NO3/c1-2-16-12(15)10-6-4-8-13(10)9-5-3-7-11(9)14/h9-11,14H,2-8H2,1H3. The lowest BCUT2D eigenvalue weighted by Crippen LogP contribution is -2.47. The van der Waals surface area contributed by atoms with Crippen molar-refractivity contribution in [1.82, 2.24) is 4.90 Å². The molecule has 2 rings (SSSR count). The molecule has 1 heterocycles. The Morgan fingerprint density at radius 2 is 2.19 bits per heavy atom. The molecule has 1 aliphatic carbocycles. The Bertz CT molecular complexity index is 257. The number of carbonyl (C=O) groups is 1. The maximum Gasteiger partial charge on any atom is 0.323 e. The third kappa shape index (κ3) is 2.23. The van der Waals surface area contributed by atoms with E-state index in [9.17, 15) is 9.90 Å². The molecule has 1 saturated heterocycles. The second-order valence-electron chi connectivity index (χ2n) is 4.71. The second-order valence-corrected chi connectivity index (χ2v) is 4.71. The Hall–Kier alpha value is -0.610. The van der Waals surface area contributed by atoms with Crippen LogP contribution < -0.4 is 0 Å². The molecule has 4 nitrogen and oxygen atoms in total. The van der Waals surface area contributed by atoms with E-state index in [0.717, 1.165) is 38.6 Å². The van der Waals surface area contributed by atoms with Gasteiger partial charge in [-0.15, -0.1) is 0 Å². The smallest absolute Gasteiger partial charge is 0.323 e. The second kappa shape index (κ2) is 5.15. The first-order valence-corrected chi connectivity index (χ1v) is 6.34. The number of hydrogen-bond acceptors (Lipinski definition) is 4. The van der Waals surface area contributed by atoms with Crippen LogP contribution in [-0.4, -0.2) is 47.3 Å². The number of ether oxygens (including phenoxy) is 1.